The number of benzene rings is 3. The molecule has 0 saturated heterocycles. The predicted octanol–water partition coefficient (Wildman–Crippen LogP) is 4.66. The smallest absolute Gasteiger partial charge is 0.264 e. The monoisotopic (exact) mass is 547 g/mol. The normalized spacial score (nSPS) is 12.0. The molecule has 1 N–H and O–H groups in total. The number of hydrogen-bond donors (Lipinski definition) is 1. The standard InChI is InChI=1S/C26H27Cl2N3O4S/c1-18-9-11-20(12-10-18)16-30(19(2)26(33)29-3)25(32)17-31(24-15-21(27)13-14-23(24)28)36(34,35)22-7-5-4-6-8-22/h4-15,19H,16-17H2,1-3H3,(H,29,33). The van der Waals surface area contributed by atoms with E-state index >= 15 is 0 Å². The molecule has 1 unspecified atom stereocenters. The summed E-state index contributed by atoms with van der Waals surface area (Å²) < 4.78 is 28.3. The maximum atomic E-state index is 13.7. The van der Waals surface area contributed by atoms with Gasteiger partial charge in [-0.1, -0.05) is 71.2 Å². The van der Waals surface area contributed by atoms with Crippen molar-refractivity contribution in [3.05, 3.63) is 94.0 Å². The molecule has 7 nitrogen and oxygen atoms in total. The van der Waals surface area contributed by atoms with Gasteiger partial charge in [-0.15, -0.1) is 0 Å². The Balaban J connectivity index is 2.06. The van der Waals surface area contributed by atoms with Gasteiger partial charge in [0.2, 0.25) is 11.8 Å². The number of rotatable bonds is 9. The summed E-state index contributed by atoms with van der Waals surface area (Å²) in [6.45, 7) is 3.05. The topological polar surface area (TPSA) is 86.8 Å². The molecule has 190 valence electrons. The molecule has 0 saturated carbocycles. The molecule has 1 atom stereocenters. The Morgan fingerprint density at radius 1 is 0.972 bits per heavy atom. The summed E-state index contributed by atoms with van der Waals surface area (Å²) in [5, 5.41) is 2.91. The zero-order chi connectivity index (χ0) is 26.5. The minimum atomic E-state index is -4.21. The fourth-order valence-corrected chi connectivity index (χ4v) is 5.47. The van der Waals surface area contributed by atoms with Crippen molar-refractivity contribution in [3.63, 3.8) is 0 Å². The van der Waals surface area contributed by atoms with Gasteiger partial charge < -0.3 is 10.2 Å². The Morgan fingerprint density at radius 3 is 2.22 bits per heavy atom. The molecule has 0 aliphatic rings. The molecule has 2 amide bonds. The van der Waals surface area contributed by atoms with Crippen LogP contribution in [0.2, 0.25) is 10.0 Å². The minimum Gasteiger partial charge on any atom is -0.357 e. The van der Waals surface area contributed by atoms with Crippen molar-refractivity contribution >= 4 is 50.7 Å². The lowest BCUT2D eigenvalue weighted by Gasteiger charge is -2.32. The average molecular weight is 548 g/mol. The van der Waals surface area contributed by atoms with Gasteiger partial charge in [-0.05, 0) is 49.7 Å². The molecule has 0 spiro atoms. The number of amides is 2. The third-order valence-electron chi connectivity index (χ3n) is 5.67. The first kappa shape index (κ1) is 27.5. The van der Waals surface area contributed by atoms with Crippen molar-refractivity contribution in [1.82, 2.24) is 10.2 Å². The number of sulfonamides is 1. The highest BCUT2D eigenvalue weighted by molar-refractivity contribution is 7.92. The molecule has 0 fully saturated rings. The SMILES string of the molecule is CNC(=O)C(C)N(Cc1ccc(C)cc1)C(=O)CN(c1cc(Cl)ccc1Cl)S(=O)(=O)c1ccccc1. The molecule has 3 rings (SSSR count). The summed E-state index contributed by atoms with van der Waals surface area (Å²) in [7, 11) is -2.73. The van der Waals surface area contributed by atoms with Crippen LogP contribution in [0.3, 0.4) is 0 Å². The van der Waals surface area contributed by atoms with Crippen LogP contribution in [0.15, 0.2) is 77.7 Å². The Morgan fingerprint density at radius 2 is 1.61 bits per heavy atom. The number of nitrogens with zero attached hydrogens (tertiary/aromatic N) is 2. The highest BCUT2D eigenvalue weighted by Gasteiger charge is 2.33. The van der Waals surface area contributed by atoms with Gasteiger partial charge in [-0.3, -0.25) is 13.9 Å². The van der Waals surface area contributed by atoms with Gasteiger partial charge in [-0.2, -0.15) is 0 Å². The highest BCUT2D eigenvalue weighted by atomic mass is 35.5. The fraction of sp³-hybridized carbons (Fsp3) is 0.231. The Hall–Kier alpha value is -3.07. The molecule has 36 heavy (non-hydrogen) atoms. The Labute approximate surface area is 221 Å². The van der Waals surface area contributed by atoms with Gasteiger partial charge in [0.25, 0.3) is 10.0 Å². The quantitative estimate of drug-likeness (QED) is 0.422. The average Bonchev–Trinajstić information content (AvgIpc) is 2.87. The molecule has 0 aromatic heterocycles. The summed E-state index contributed by atoms with van der Waals surface area (Å²) in [6, 6.07) is 18.8. The van der Waals surface area contributed by atoms with E-state index in [2.05, 4.69) is 5.32 Å². The first-order chi connectivity index (χ1) is 17.0. The van der Waals surface area contributed by atoms with E-state index in [0.717, 1.165) is 15.4 Å². The van der Waals surface area contributed by atoms with E-state index in [1.807, 2.05) is 31.2 Å². The second-order valence-electron chi connectivity index (χ2n) is 8.22. The van der Waals surface area contributed by atoms with Crippen LogP contribution in [0.1, 0.15) is 18.1 Å². The van der Waals surface area contributed by atoms with Gasteiger partial charge in [0.1, 0.15) is 12.6 Å². The van der Waals surface area contributed by atoms with Gasteiger partial charge in [0.05, 0.1) is 15.6 Å². The van der Waals surface area contributed by atoms with Crippen molar-refractivity contribution in [1.29, 1.82) is 0 Å². The zero-order valence-electron chi connectivity index (χ0n) is 20.1. The number of hydrogen-bond acceptors (Lipinski definition) is 4. The number of carbonyl (C=O) groups excluding carboxylic acids is 2. The highest BCUT2D eigenvalue weighted by Crippen LogP contribution is 2.33. The molecule has 0 radical (unpaired) electrons. The Bertz CT molecular complexity index is 1330. The van der Waals surface area contributed by atoms with Crippen molar-refractivity contribution in [2.45, 2.75) is 31.3 Å². The molecule has 0 bridgehead atoms. The maximum Gasteiger partial charge on any atom is 0.264 e. The lowest BCUT2D eigenvalue weighted by atomic mass is 10.1. The van der Waals surface area contributed by atoms with Crippen molar-refractivity contribution in [2.75, 3.05) is 17.9 Å². The van der Waals surface area contributed by atoms with Crippen LogP contribution in [-0.2, 0) is 26.2 Å². The van der Waals surface area contributed by atoms with E-state index in [0.29, 0.717) is 0 Å². The molecular weight excluding hydrogens is 521 g/mol. The van der Waals surface area contributed by atoms with Crippen LogP contribution in [0, 0.1) is 6.92 Å². The summed E-state index contributed by atoms with van der Waals surface area (Å²) in [5.41, 5.74) is 1.90. The first-order valence-electron chi connectivity index (χ1n) is 11.1. The van der Waals surface area contributed by atoms with Crippen LogP contribution < -0.4 is 9.62 Å². The number of anilines is 1. The first-order valence-corrected chi connectivity index (χ1v) is 13.3. The van der Waals surface area contributed by atoms with E-state index < -0.39 is 28.5 Å². The lowest BCUT2D eigenvalue weighted by Crippen LogP contribution is -2.50. The van der Waals surface area contributed by atoms with Crippen LogP contribution >= 0.6 is 23.2 Å². The third kappa shape index (κ3) is 6.37. The molecule has 3 aromatic rings. The van der Waals surface area contributed by atoms with Crippen LogP contribution in [0.25, 0.3) is 0 Å². The molecular formula is C26H27Cl2N3O4S. The van der Waals surface area contributed by atoms with Crippen molar-refractivity contribution < 1.29 is 18.0 Å². The van der Waals surface area contributed by atoms with E-state index in [-0.39, 0.29) is 33.1 Å². The largest absolute Gasteiger partial charge is 0.357 e. The van der Waals surface area contributed by atoms with E-state index in [1.165, 1.54) is 42.3 Å². The van der Waals surface area contributed by atoms with Gasteiger partial charge in [0.15, 0.2) is 0 Å². The van der Waals surface area contributed by atoms with Crippen molar-refractivity contribution in [2.24, 2.45) is 0 Å². The van der Waals surface area contributed by atoms with Crippen LogP contribution in [-0.4, -0.2) is 44.8 Å². The van der Waals surface area contributed by atoms with E-state index in [9.17, 15) is 18.0 Å². The van der Waals surface area contributed by atoms with E-state index in [1.54, 1.807) is 25.1 Å². The zero-order valence-corrected chi connectivity index (χ0v) is 22.4. The summed E-state index contributed by atoms with van der Waals surface area (Å²) >= 11 is 12.5. The van der Waals surface area contributed by atoms with Crippen LogP contribution in [0.5, 0.6) is 0 Å². The fourth-order valence-electron chi connectivity index (χ4n) is 3.59. The second-order valence-corrected chi connectivity index (χ2v) is 10.9. The number of likely N-dealkylation sites (N-methyl/N-ethyl adjacent to an activating group) is 1. The lowest BCUT2D eigenvalue weighted by molar-refractivity contribution is -0.139. The summed E-state index contributed by atoms with van der Waals surface area (Å²) in [5.74, 6) is -0.962. The maximum absolute atomic E-state index is 13.7. The molecule has 0 aliphatic heterocycles. The molecule has 3 aromatic carbocycles. The molecule has 0 heterocycles. The summed E-state index contributed by atoms with van der Waals surface area (Å²) in [4.78, 5) is 27.5. The summed E-state index contributed by atoms with van der Waals surface area (Å²) in [6.07, 6.45) is 0. The Kier molecular flexibility index (Phi) is 9.00. The van der Waals surface area contributed by atoms with Gasteiger partial charge in [-0.25, -0.2) is 8.42 Å². The number of aryl methyl sites for hydroxylation is 1. The minimum absolute atomic E-state index is 0.0155. The molecule has 0 aliphatic carbocycles. The number of carbonyl (C=O) groups is 2. The third-order valence-corrected chi connectivity index (χ3v) is 8.00. The van der Waals surface area contributed by atoms with Gasteiger partial charge >= 0.3 is 0 Å². The number of nitrogens with one attached hydrogen (secondary N) is 1. The predicted molar refractivity (Wildman–Crippen MR) is 143 cm³/mol. The van der Waals surface area contributed by atoms with Crippen molar-refractivity contribution in [3.8, 4) is 0 Å². The van der Waals surface area contributed by atoms with Gasteiger partial charge in [0, 0.05) is 18.6 Å². The van der Waals surface area contributed by atoms with E-state index in [4.69, 9.17) is 23.2 Å². The number of halogens is 2. The second kappa shape index (κ2) is 11.8. The molecule has 10 heteroatoms. The van der Waals surface area contributed by atoms with Crippen LogP contribution in [0.4, 0.5) is 5.69 Å².